The van der Waals surface area contributed by atoms with Gasteiger partial charge in [0.05, 0.1) is 6.54 Å². The van der Waals surface area contributed by atoms with Gasteiger partial charge in [-0.1, -0.05) is 19.3 Å². The van der Waals surface area contributed by atoms with Crippen molar-refractivity contribution < 1.29 is 4.79 Å². The molecule has 0 aromatic rings. The highest BCUT2D eigenvalue weighted by Crippen LogP contribution is 2.22. The lowest BCUT2D eigenvalue weighted by Gasteiger charge is -2.34. The Morgan fingerprint density at radius 3 is 2.33 bits per heavy atom. The van der Waals surface area contributed by atoms with Crippen LogP contribution in [-0.2, 0) is 4.79 Å². The fourth-order valence-corrected chi connectivity index (χ4v) is 3.57. The minimum atomic E-state index is 0. The summed E-state index contributed by atoms with van der Waals surface area (Å²) in [5.41, 5.74) is 0. The highest BCUT2D eigenvalue weighted by molar-refractivity contribution is 5.85. The molecule has 1 saturated carbocycles. The number of hydrogen-bond donors (Lipinski definition) is 1. The lowest BCUT2D eigenvalue weighted by atomic mass is 9.94. The van der Waals surface area contributed by atoms with E-state index in [-0.39, 0.29) is 12.4 Å². The van der Waals surface area contributed by atoms with Crippen LogP contribution in [0.2, 0.25) is 0 Å². The third-order valence-electron chi connectivity index (χ3n) is 5.07. The summed E-state index contributed by atoms with van der Waals surface area (Å²) in [6.07, 6.45) is 9.90. The Kier molecular flexibility index (Phi) is 8.60. The van der Waals surface area contributed by atoms with E-state index in [4.69, 9.17) is 0 Å². The molecule has 1 aliphatic heterocycles. The van der Waals surface area contributed by atoms with Gasteiger partial charge in [0.25, 0.3) is 0 Å². The molecule has 21 heavy (non-hydrogen) atoms. The number of nitrogens with zero attached hydrogens (tertiary/aromatic N) is 2. The van der Waals surface area contributed by atoms with E-state index < -0.39 is 0 Å². The van der Waals surface area contributed by atoms with Crippen LogP contribution in [-0.4, -0.2) is 61.5 Å². The second-order valence-electron chi connectivity index (χ2n) is 6.55. The van der Waals surface area contributed by atoms with Crippen molar-refractivity contribution in [1.29, 1.82) is 0 Å². The monoisotopic (exact) mass is 317 g/mol. The molecule has 1 amide bonds. The summed E-state index contributed by atoms with van der Waals surface area (Å²) in [4.78, 5) is 16.7. The van der Waals surface area contributed by atoms with Crippen LogP contribution in [0.25, 0.3) is 0 Å². The van der Waals surface area contributed by atoms with E-state index in [2.05, 4.69) is 17.3 Å². The Balaban J connectivity index is 0.00000220. The van der Waals surface area contributed by atoms with Gasteiger partial charge in [0.15, 0.2) is 0 Å². The zero-order chi connectivity index (χ0) is 14.4. The minimum absolute atomic E-state index is 0. The fraction of sp³-hybridized carbons (Fsp3) is 0.938. The standard InChI is InChI=1S/C16H31N3O.ClH/c1-18(14-9-6-11-17-12-10-14)13-16(20)19(2)15-7-4-3-5-8-15;/h14-15,17H,3-13H2,1-2H3;1H. The van der Waals surface area contributed by atoms with Gasteiger partial charge >= 0.3 is 0 Å². The number of hydrogen-bond acceptors (Lipinski definition) is 3. The van der Waals surface area contributed by atoms with Crippen LogP contribution in [0.3, 0.4) is 0 Å². The van der Waals surface area contributed by atoms with Crippen molar-refractivity contribution in [3.63, 3.8) is 0 Å². The molecular weight excluding hydrogens is 286 g/mol. The highest BCUT2D eigenvalue weighted by Gasteiger charge is 2.25. The van der Waals surface area contributed by atoms with E-state index in [9.17, 15) is 4.79 Å². The lowest BCUT2D eigenvalue weighted by Crippen LogP contribution is -2.45. The van der Waals surface area contributed by atoms with Crippen LogP contribution < -0.4 is 5.32 Å². The molecular formula is C16H32ClN3O. The number of halogens is 1. The third-order valence-corrected chi connectivity index (χ3v) is 5.07. The van der Waals surface area contributed by atoms with Crippen LogP contribution in [0.5, 0.6) is 0 Å². The average molecular weight is 318 g/mol. The van der Waals surface area contributed by atoms with Crippen LogP contribution in [0.15, 0.2) is 0 Å². The van der Waals surface area contributed by atoms with Crippen molar-refractivity contribution in [3.8, 4) is 0 Å². The molecule has 0 radical (unpaired) electrons. The van der Waals surface area contributed by atoms with E-state index in [0.717, 1.165) is 19.5 Å². The van der Waals surface area contributed by atoms with Crippen LogP contribution in [0, 0.1) is 0 Å². The zero-order valence-electron chi connectivity index (χ0n) is 13.6. The molecule has 1 heterocycles. The van der Waals surface area contributed by atoms with Gasteiger partial charge in [-0.25, -0.2) is 0 Å². The first-order valence-corrected chi connectivity index (χ1v) is 8.35. The van der Waals surface area contributed by atoms with Crippen molar-refractivity contribution in [1.82, 2.24) is 15.1 Å². The predicted molar refractivity (Wildman–Crippen MR) is 90.0 cm³/mol. The summed E-state index contributed by atoms with van der Waals surface area (Å²) in [7, 11) is 4.11. The summed E-state index contributed by atoms with van der Waals surface area (Å²) in [6.45, 7) is 2.79. The second kappa shape index (κ2) is 9.65. The molecule has 1 aliphatic carbocycles. The summed E-state index contributed by atoms with van der Waals surface area (Å²) in [5.74, 6) is 0.302. The minimum Gasteiger partial charge on any atom is -0.342 e. The Hall–Kier alpha value is -0.320. The van der Waals surface area contributed by atoms with Gasteiger partial charge in [0.1, 0.15) is 0 Å². The molecule has 2 fully saturated rings. The topological polar surface area (TPSA) is 35.6 Å². The van der Waals surface area contributed by atoms with Crippen molar-refractivity contribution in [2.24, 2.45) is 0 Å². The first-order chi connectivity index (χ1) is 9.68. The number of nitrogens with one attached hydrogen (secondary N) is 1. The Morgan fingerprint density at radius 2 is 1.62 bits per heavy atom. The molecule has 1 N–H and O–H groups in total. The largest absolute Gasteiger partial charge is 0.342 e. The summed E-state index contributed by atoms with van der Waals surface area (Å²) < 4.78 is 0. The van der Waals surface area contributed by atoms with Crippen LogP contribution >= 0.6 is 12.4 Å². The molecule has 1 unspecified atom stereocenters. The maximum Gasteiger partial charge on any atom is 0.236 e. The Labute approximate surface area is 136 Å². The number of carbonyl (C=O) groups excluding carboxylic acids is 1. The van der Waals surface area contributed by atoms with E-state index in [1.54, 1.807) is 0 Å². The van der Waals surface area contributed by atoms with Crippen molar-refractivity contribution in [2.75, 3.05) is 33.7 Å². The van der Waals surface area contributed by atoms with E-state index in [1.807, 2.05) is 11.9 Å². The molecule has 0 aromatic carbocycles. The Morgan fingerprint density at radius 1 is 0.952 bits per heavy atom. The molecule has 4 nitrogen and oxygen atoms in total. The molecule has 1 atom stereocenters. The van der Waals surface area contributed by atoms with Gasteiger partial charge in [-0.15, -0.1) is 12.4 Å². The van der Waals surface area contributed by atoms with Gasteiger partial charge in [0.2, 0.25) is 5.91 Å². The molecule has 0 spiro atoms. The average Bonchev–Trinajstić information content (AvgIpc) is 2.76. The Bertz CT molecular complexity index is 300. The molecule has 0 bridgehead atoms. The molecule has 5 heteroatoms. The van der Waals surface area contributed by atoms with E-state index in [0.29, 0.717) is 24.5 Å². The summed E-state index contributed by atoms with van der Waals surface area (Å²) in [5, 5.41) is 3.44. The van der Waals surface area contributed by atoms with Crippen molar-refractivity contribution in [2.45, 2.75) is 63.5 Å². The fourth-order valence-electron chi connectivity index (χ4n) is 3.57. The maximum atomic E-state index is 12.4. The van der Waals surface area contributed by atoms with E-state index in [1.165, 1.54) is 44.9 Å². The first kappa shape index (κ1) is 18.7. The van der Waals surface area contributed by atoms with Crippen LogP contribution in [0.1, 0.15) is 51.4 Å². The van der Waals surface area contributed by atoms with Gasteiger partial charge < -0.3 is 10.2 Å². The highest BCUT2D eigenvalue weighted by atomic mass is 35.5. The number of rotatable bonds is 4. The molecule has 124 valence electrons. The number of carbonyl (C=O) groups is 1. The lowest BCUT2D eigenvalue weighted by molar-refractivity contribution is -0.134. The van der Waals surface area contributed by atoms with E-state index >= 15 is 0 Å². The predicted octanol–water partition coefficient (Wildman–Crippen LogP) is 2.27. The third kappa shape index (κ3) is 5.76. The molecule has 2 aliphatic rings. The summed E-state index contributed by atoms with van der Waals surface area (Å²) in [6, 6.07) is 1.05. The molecule has 0 aromatic heterocycles. The summed E-state index contributed by atoms with van der Waals surface area (Å²) >= 11 is 0. The maximum absolute atomic E-state index is 12.4. The molecule has 2 rings (SSSR count). The smallest absolute Gasteiger partial charge is 0.236 e. The molecule has 1 saturated heterocycles. The van der Waals surface area contributed by atoms with Gasteiger partial charge in [0, 0.05) is 19.1 Å². The zero-order valence-corrected chi connectivity index (χ0v) is 14.5. The normalized spacial score (nSPS) is 24.2. The quantitative estimate of drug-likeness (QED) is 0.864. The van der Waals surface area contributed by atoms with Crippen LogP contribution in [0.4, 0.5) is 0 Å². The van der Waals surface area contributed by atoms with Gasteiger partial charge in [-0.3, -0.25) is 9.69 Å². The van der Waals surface area contributed by atoms with Crippen molar-refractivity contribution >= 4 is 18.3 Å². The first-order valence-electron chi connectivity index (χ1n) is 8.35. The van der Waals surface area contributed by atoms with Gasteiger partial charge in [-0.2, -0.15) is 0 Å². The van der Waals surface area contributed by atoms with Crippen molar-refractivity contribution in [3.05, 3.63) is 0 Å². The SMILES string of the molecule is CN(CC(=O)N(C)C1CCCCC1)C1CCCNCC1.Cl. The number of likely N-dealkylation sites (N-methyl/N-ethyl adjacent to an activating group) is 2. The van der Waals surface area contributed by atoms with Gasteiger partial charge in [-0.05, 0) is 52.2 Å². The number of amides is 1. The second-order valence-corrected chi connectivity index (χ2v) is 6.55.